The van der Waals surface area contributed by atoms with Crippen LogP contribution in [0.2, 0.25) is 0 Å². The number of hydrogen-bond acceptors (Lipinski definition) is 6. The number of carboxylic acids is 1. The number of carboxylic acid groups (broad SMARTS) is 1. The second-order valence-electron chi connectivity index (χ2n) is 6.42. The quantitative estimate of drug-likeness (QED) is 0.487. The maximum Gasteiger partial charge on any atom is 0.327 e. The molecule has 0 saturated heterocycles. The molecule has 3 heterocycles. The number of aliphatic carboxylic acids is 1. The number of hydrogen-bond donors (Lipinski definition) is 2. The highest BCUT2D eigenvalue weighted by molar-refractivity contribution is 7.80. The second kappa shape index (κ2) is 7.28. The van der Waals surface area contributed by atoms with Crippen molar-refractivity contribution in [3.05, 3.63) is 58.4 Å². The Bertz CT molecular complexity index is 1300. The molecular weight excluding hydrogens is 397 g/mol. The van der Waals surface area contributed by atoms with E-state index in [4.69, 9.17) is 0 Å². The van der Waals surface area contributed by atoms with Crippen molar-refractivity contribution >= 4 is 35.3 Å². The predicted molar refractivity (Wildman–Crippen MR) is 108 cm³/mol. The van der Waals surface area contributed by atoms with Gasteiger partial charge in [-0.3, -0.25) is 9.36 Å². The minimum Gasteiger partial charge on any atom is -0.480 e. The van der Waals surface area contributed by atoms with E-state index in [1.807, 2.05) is 6.92 Å². The highest BCUT2D eigenvalue weighted by atomic mass is 32.1. The monoisotopic (exact) mass is 413 g/mol. The molecule has 0 fully saturated rings. The first-order chi connectivity index (χ1) is 14.0. The Morgan fingerprint density at radius 2 is 1.97 bits per heavy atom. The summed E-state index contributed by atoms with van der Waals surface area (Å²) in [4.78, 5) is 24.2. The average Bonchev–Trinajstić information content (AvgIpc) is 3.09. The molecule has 4 aromatic rings. The van der Waals surface area contributed by atoms with E-state index in [9.17, 15) is 19.1 Å². The molecule has 0 unspecified atom stereocenters. The van der Waals surface area contributed by atoms with Crippen LogP contribution in [0, 0.1) is 5.82 Å². The third kappa shape index (κ3) is 3.05. The van der Waals surface area contributed by atoms with E-state index < -0.39 is 17.6 Å². The van der Waals surface area contributed by atoms with Crippen molar-refractivity contribution in [1.82, 2.24) is 24.4 Å². The Morgan fingerprint density at radius 1 is 1.24 bits per heavy atom. The Morgan fingerprint density at radius 3 is 2.59 bits per heavy atom. The first kappa shape index (κ1) is 19.1. The number of aromatic nitrogens is 5. The zero-order valence-electron chi connectivity index (χ0n) is 15.3. The van der Waals surface area contributed by atoms with Gasteiger partial charge in [0.15, 0.2) is 11.2 Å². The number of rotatable bonds is 5. The number of pyridine rings is 1. The van der Waals surface area contributed by atoms with Crippen LogP contribution in [0.3, 0.4) is 0 Å². The molecule has 10 heteroatoms. The van der Waals surface area contributed by atoms with Crippen molar-refractivity contribution in [1.29, 1.82) is 0 Å². The molecule has 0 saturated carbocycles. The van der Waals surface area contributed by atoms with Gasteiger partial charge in [-0.05, 0) is 30.2 Å². The molecule has 0 aliphatic carbocycles. The average molecular weight is 413 g/mol. The van der Waals surface area contributed by atoms with Gasteiger partial charge < -0.3 is 5.11 Å². The van der Waals surface area contributed by atoms with E-state index in [0.717, 1.165) is 15.8 Å². The fourth-order valence-corrected chi connectivity index (χ4v) is 3.63. The van der Waals surface area contributed by atoms with Crippen molar-refractivity contribution in [2.45, 2.75) is 19.4 Å². The number of fused-ring (bicyclic) bond motifs is 3. The van der Waals surface area contributed by atoms with Gasteiger partial charge in [-0.1, -0.05) is 19.1 Å². The van der Waals surface area contributed by atoms with Gasteiger partial charge in [-0.2, -0.15) is 17.7 Å². The third-order valence-corrected chi connectivity index (χ3v) is 5.09. The van der Waals surface area contributed by atoms with Crippen LogP contribution in [0.5, 0.6) is 0 Å². The molecule has 0 radical (unpaired) electrons. The van der Waals surface area contributed by atoms with Crippen molar-refractivity contribution < 1.29 is 14.3 Å². The Kier molecular flexibility index (Phi) is 4.79. The summed E-state index contributed by atoms with van der Waals surface area (Å²) in [5.74, 6) is -1.56. The zero-order chi connectivity index (χ0) is 20.7. The topological polar surface area (TPSA) is 102 Å². The molecular formula is C19H16FN5O3S. The molecule has 148 valence electrons. The second-order valence-corrected chi connectivity index (χ2v) is 6.78. The van der Waals surface area contributed by atoms with E-state index in [1.165, 1.54) is 22.8 Å². The molecule has 1 aromatic carbocycles. The zero-order valence-corrected chi connectivity index (χ0v) is 16.2. The van der Waals surface area contributed by atoms with Gasteiger partial charge in [0.1, 0.15) is 17.4 Å². The van der Waals surface area contributed by atoms with Gasteiger partial charge >= 0.3 is 5.97 Å². The summed E-state index contributed by atoms with van der Waals surface area (Å²) in [6.45, 7) is 1.93. The van der Waals surface area contributed by atoms with Crippen LogP contribution in [-0.4, -0.2) is 41.2 Å². The number of nitrogens with zero attached hydrogens (tertiary/aromatic N) is 5. The van der Waals surface area contributed by atoms with E-state index in [0.29, 0.717) is 23.1 Å². The summed E-state index contributed by atoms with van der Waals surface area (Å²) in [5, 5.41) is 22.1. The fraction of sp³-hybridized carbons (Fsp3) is 0.211. The highest BCUT2D eigenvalue weighted by Gasteiger charge is 2.23. The maximum absolute atomic E-state index is 13.3. The molecule has 0 aliphatic heterocycles. The van der Waals surface area contributed by atoms with E-state index >= 15 is 0 Å². The molecule has 0 aliphatic rings. The van der Waals surface area contributed by atoms with Gasteiger partial charge in [0.25, 0.3) is 5.56 Å². The molecule has 0 amide bonds. The van der Waals surface area contributed by atoms with Crippen molar-refractivity contribution in [3.8, 4) is 11.1 Å². The minimum atomic E-state index is -1.17. The molecule has 29 heavy (non-hydrogen) atoms. The highest BCUT2D eigenvalue weighted by Crippen LogP contribution is 2.29. The van der Waals surface area contributed by atoms with Gasteiger partial charge in [0.05, 0.1) is 11.3 Å². The number of halogens is 1. The normalized spacial score (nSPS) is 12.5. The largest absolute Gasteiger partial charge is 0.480 e. The van der Waals surface area contributed by atoms with E-state index in [1.54, 1.807) is 18.2 Å². The molecule has 1 atom stereocenters. The predicted octanol–water partition coefficient (Wildman–Crippen LogP) is 2.36. The number of aryl methyl sites for hydroxylation is 1. The van der Waals surface area contributed by atoms with Crippen LogP contribution < -0.4 is 5.56 Å². The Hall–Kier alpha value is -3.27. The van der Waals surface area contributed by atoms with Gasteiger partial charge in [-0.15, -0.1) is 10.2 Å². The summed E-state index contributed by atoms with van der Waals surface area (Å²) in [6.07, 6.45) is 1.99. The van der Waals surface area contributed by atoms with Crippen LogP contribution in [-0.2, 0) is 11.2 Å². The Labute approximate surface area is 169 Å². The summed E-state index contributed by atoms with van der Waals surface area (Å²) in [6, 6.07) is 6.45. The molecule has 4 rings (SSSR count). The lowest BCUT2D eigenvalue weighted by Crippen LogP contribution is -2.31. The van der Waals surface area contributed by atoms with Crippen molar-refractivity contribution in [3.63, 3.8) is 0 Å². The third-order valence-electron chi connectivity index (χ3n) is 4.74. The first-order valence-electron chi connectivity index (χ1n) is 8.85. The van der Waals surface area contributed by atoms with Crippen molar-refractivity contribution in [2.24, 2.45) is 0 Å². The first-order valence-corrected chi connectivity index (χ1v) is 9.48. The lowest BCUT2D eigenvalue weighted by Gasteiger charge is -2.13. The molecule has 1 N–H and O–H groups in total. The number of carbonyl (C=O) groups is 1. The summed E-state index contributed by atoms with van der Waals surface area (Å²) < 4.78 is 15.9. The standard InChI is InChI=1S/C19H16FN5O3S/c1-2-12-15(10-3-5-11(20)6-4-10)17-22-21-16-13(25(17)23-12)7-8-24(18(16)26)14(9-29)19(27)28/h3-8,14,29H,2,9H2,1H3,(H,27,28)/t14-/m1/s1. The number of thiol groups is 1. The van der Waals surface area contributed by atoms with Crippen LogP contribution in [0.4, 0.5) is 4.39 Å². The van der Waals surface area contributed by atoms with E-state index in [-0.39, 0.29) is 17.1 Å². The smallest absolute Gasteiger partial charge is 0.327 e. The molecule has 0 bridgehead atoms. The van der Waals surface area contributed by atoms with Crippen LogP contribution in [0.15, 0.2) is 41.3 Å². The lowest BCUT2D eigenvalue weighted by molar-refractivity contribution is -0.140. The number of benzene rings is 1. The van der Waals surface area contributed by atoms with Crippen LogP contribution >= 0.6 is 12.6 Å². The summed E-state index contributed by atoms with van der Waals surface area (Å²) in [7, 11) is 0. The van der Waals surface area contributed by atoms with Crippen LogP contribution in [0.25, 0.3) is 27.8 Å². The Balaban J connectivity index is 2.00. The molecule has 3 aromatic heterocycles. The van der Waals surface area contributed by atoms with Gasteiger partial charge in [-0.25, -0.2) is 13.7 Å². The van der Waals surface area contributed by atoms with Crippen LogP contribution in [0.1, 0.15) is 18.7 Å². The van der Waals surface area contributed by atoms with Gasteiger partial charge in [0, 0.05) is 11.9 Å². The van der Waals surface area contributed by atoms with Gasteiger partial charge in [0.2, 0.25) is 0 Å². The molecule has 0 spiro atoms. The summed E-state index contributed by atoms with van der Waals surface area (Å²) >= 11 is 4.02. The fourth-order valence-electron chi connectivity index (χ4n) is 3.30. The van der Waals surface area contributed by atoms with E-state index in [2.05, 4.69) is 27.9 Å². The molecule has 8 nitrogen and oxygen atoms in total. The summed E-state index contributed by atoms with van der Waals surface area (Å²) in [5.41, 5.74) is 2.43. The SMILES string of the molecule is CCc1nn2c(nnc3c(=O)n([C@H](CS)C(=O)O)ccc32)c1-c1ccc(F)cc1. The minimum absolute atomic E-state index is 0.00356. The van der Waals surface area contributed by atoms with Crippen molar-refractivity contribution in [2.75, 3.05) is 5.75 Å². The lowest BCUT2D eigenvalue weighted by atomic mass is 10.0. The maximum atomic E-state index is 13.3.